The number of nitrogens with two attached hydrogens (primary N) is 1. The van der Waals surface area contributed by atoms with E-state index in [1.165, 1.54) is 5.56 Å². The maximum absolute atomic E-state index is 5.82. The number of nitrogens with zero attached hydrogens (tertiary/aromatic N) is 4. The van der Waals surface area contributed by atoms with Crippen LogP contribution in [0.1, 0.15) is 11.4 Å². The summed E-state index contributed by atoms with van der Waals surface area (Å²) >= 11 is 0. The predicted octanol–water partition coefficient (Wildman–Crippen LogP) is 2.83. The fourth-order valence-corrected chi connectivity index (χ4v) is 2.41. The highest BCUT2D eigenvalue weighted by Gasteiger charge is 2.08. The quantitative estimate of drug-likeness (QED) is 0.727. The smallest absolute Gasteiger partial charge is 0.232 e. The molecule has 3 rings (SSSR count). The van der Waals surface area contributed by atoms with E-state index >= 15 is 0 Å². The molecular formula is C18H20N6. The van der Waals surface area contributed by atoms with Gasteiger partial charge in [0.05, 0.1) is 6.54 Å². The molecule has 6 heteroatoms. The fourth-order valence-electron chi connectivity index (χ4n) is 2.41. The second-order valence-electron chi connectivity index (χ2n) is 5.58. The van der Waals surface area contributed by atoms with Gasteiger partial charge < -0.3 is 11.1 Å². The van der Waals surface area contributed by atoms with Crippen LogP contribution in [0.4, 0.5) is 17.6 Å². The minimum absolute atomic E-state index is 0.214. The van der Waals surface area contributed by atoms with Crippen molar-refractivity contribution in [3.63, 3.8) is 0 Å². The number of rotatable bonds is 6. The normalized spacial score (nSPS) is 10.8. The summed E-state index contributed by atoms with van der Waals surface area (Å²) in [6, 6.07) is 20.0. The highest BCUT2D eigenvalue weighted by atomic mass is 15.2. The van der Waals surface area contributed by atoms with Crippen LogP contribution in [-0.2, 0) is 13.1 Å². The van der Waals surface area contributed by atoms with Crippen molar-refractivity contribution in [2.24, 2.45) is 0 Å². The van der Waals surface area contributed by atoms with Gasteiger partial charge in [-0.25, -0.2) is 0 Å². The first-order valence-corrected chi connectivity index (χ1v) is 7.74. The molecule has 0 spiro atoms. The zero-order chi connectivity index (χ0) is 16.8. The van der Waals surface area contributed by atoms with Crippen LogP contribution < -0.4 is 11.1 Å². The molecule has 0 bridgehead atoms. The molecule has 3 N–H and O–H groups in total. The number of benzene rings is 2. The van der Waals surface area contributed by atoms with E-state index < -0.39 is 0 Å². The van der Waals surface area contributed by atoms with Crippen LogP contribution in [0.15, 0.2) is 60.7 Å². The van der Waals surface area contributed by atoms with Gasteiger partial charge in [-0.15, -0.1) is 0 Å². The first-order valence-electron chi connectivity index (χ1n) is 7.74. The third-order valence-electron chi connectivity index (χ3n) is 3.44. The van der Waals surface area contributed by atoms with Crippen LogP contribution in [0, 0.1) is 0 Å². The summed E-state index contributed by atoms with van der Waals surface area (Å²) in [5, 5.41) is 3.15. The SMILES string of the molecule is CN(Cc1ccccc1)Cc1nc(N)nc(Nc2ccccc2)n1. The van der Waals surface area contributed by atoms with Gasteiger partial charge >= 0.3 is 0 Å². The lowest BCUT2D eigenvalue weighted by Gasteiger charge is -2.16. The van der Waals surface area contributed by atoms with E-state index in [0.29, 0.717) is 18.3 Å². The first kappa shape index (κ1) is 15.9. The molecule has 1 heterocycles. The average molecular weight is 320 g/mol. The van der Waals surface area contributed by atoms with Crippen molar-refractivity contribution < 1.29 is 0 Å². The van der Waals surface area contributed by atoms with Crippen LogP contribution >= 0.6 is 0 Å². The van der Waals surface area contributed by atoms with E-state index in [4.69, 9.17) is 5.73 Å². The number of aromatic nitrogens is 3. The molecule has 24 heavy (non-hydrogen) atoms. The Morgan fingerprint density at radius 3 is 2.25 bits per heavy atom. The van der Waals surface area contributed by atoms with Gasteiger partial charge in [-0.2, -0.15) is 15.0 Å². The standard InChI is InChI=1S/C18H20N6/c1-24(12-14-8-4-2-5-9-14)13-16-21-17(19)23-18(22-16)20-15-10-6-3-7-11-15/h2-11H,12-13H2,1H3,(H3,19,20,21,22,23). The largest absolute Gasteiger partial charge is 0.368 e. The van der Waals surface area contributed by atoms with Crippen molar-refractivity contribution in [2.45, 2.75) is 13.1 Å². The van der Waals surface area contributed by atoms with Crippen molar-refractivity contribution in [3.8, 4) is 0 Å². The van der Waals surface area contributed by atoms with Gasteiger partial charge in [-0.3, -0.25) is 4.90 Å². The van der Waals surface area contributed by atoms with Crippen LogP contribution in [0.25, 0.3) is 0 Å². The third kappa shape index (κ3) is 4.50. The summed E-state index contributed by atoms with van der Waals surface area (Å²) in [5.74, 6) is 1.31. The Balaban J connectivity index is 1.69. The van der Waals surface area contributed by atoms with Crippen molar-refractivity contribution in [1.82, 2.24) is 19.9 Å². The monoisotopic (exact) mass is 320 g/mol. The van der Waals surface area contributed by atoms with Gasteiger partial charge in [-0.1, -0.05) is 48.5 Å². The van der Waals surface area contributed by atoms with Gasteiger partial charge in [0, 0.05) is 12.2 Å². The van der Waals surface area contributed by atoms with Gasteiger partial charge in [0.25, 0.3) is 0 Å². The zero-order valence-electron chi connectivity index (χ0n) is 13.6. The molecule has 0 fully saturated rings. The molecule has 1 aromatic heterocycles. The number of para-hydroxylation sites is 1. The highest BCUT2D eigenvalue weighted by molar-refractivity contribution is 5.53. The molecular weight excluding hydrogens is 300 g/mol. The van der Waals surface area contributed by atoms with Crippen LogP contribution in [0.5, 0.6) is 0 Å². The maximum Gasteiger partial charge on any atom is 0.232 e. The summed E-state index contributed by atoms with van der Waals surface area (Å²) in [6.45, 7) is 1.40. The Hall–Kier alpha value is -2.99. The molecule has 122 valence electrons. The zero-order valence-corrected chi connectivity index (χ0v) is 13.6. The van der Waals surface area contributed by atoms with Crippen molar-refractivity contribution in [3.05, 3.63) is 72.1 Å². The molecule has 0 saturated heterocycles. The van der Waals surface area contributed by atoms with E-state index in [0.717, 1.165) is 12.2 Å². The van der Waals surface area contributed by atoms with Crippen LogP contribution in [0.3, 0.4) is 0 Å². The Morgan fingerprint density at radius 2 is 1.54 bits per heavy atom. The Kier molecular flexibility index (Phi) is 4.98. The topological polar surface area (TPSA) is 80.0 Å². The predicted molar refractivity (Wildman–Crippen MR) is 95.6 cm³/mol. The summed E-state index contributed by atoms with van der Waals surface area (Å²) in [7, 11) is 2.03. The van der Waals surface area contributed by atoms with Crippen molar-refractivity contribution >= 4 is 17.6 Å². The van der Waals surface area contributed by atoms with E-state index in [1.807, 2.05) is 55.6 Å². The second kappa shape index (κ2) is 7.52. The van der Waals surface area contributed by atoms with Gasteiger partial charge in [0.15, 0.2) is 0 Å². The molecule has 0 aliphatic rings. The molecule has 0 atom stereocenters. The van der Waals surface area contributed by atoms with E-state index in [-0.39, 0.29) is 5.95 Å². The lowest BCUT2D eigenvalue weighted by Crippen LogP contribution is -2.20. The Bertz CT molecular complexity index is 776. The van der Waals surface area contributed by atoms with Crippen LogP contribution in [-0.4, -0.2) is 26.9 Å². The number of nitrogens with one attached hydrogen (secondary N) is 1. The summed E-state index contributed by atoms with van der Waals surface area (Å²) in [6.07, 6.45) is 0. The molecule has 0 aliphatic heterocycles. The molecule has 3 aromatic rings. The first-order chi connectivity index (χ1) is 11.7. The van der Waals surface area contributed by atoms with E-state index in [9.17, 15) is 0 Å². The molecule has 0 saturated carbocycles. The van der Waals surface area contributed by atoms with Gasteiger partial charge in [-0.05, 0) is 24.7 Å². The molecule has 0 amide bonds. The third-order valence-corrected chi connectivity index (χ3v) is 3.44. The maximum atomic E-state index is 5.82. The number of hydrogen-bond acceptors (Lipinski definition) is 6. The number of hydrogen-bond donors (Lipinski definition) is 2. The van der Waals surface area contributed by atoms with E-state index in [1.54, 1.807) is 0 Å². The summed E-state index contributed by atoms with van der Waals surface area (Å²) in [5.41, 5.74) is 7.97. The van der Waals surface area contributed by atoms with Crippen molar-refractivity contribution in [2.75, 3.05) is 18.1 Å². The summed E-state index contributed by atoms with van der Waals surface area (Å²) < 4.78 is 0. The minimum Gasteiger partial charge on any atom is -0.368 e. The second-order valence-corrected chi connectivity index (χ2v) is 5.58. The Labute approximate surface area is 141 Å². The highest BCUT2D eigenvalue weighted by Crippen LogP contribution is 2.13. The molecule has 6 nitrogen and oxygen atoms in total. The fraction of sp³-hybridized carbons (Fsp3) is 0.167. The molecule has 0 radical (unpaired) electrons. The van der Waals surface area contributed by atoms with Gasteiger partial charge in [0.2, 0.25) is 11.9 Å². The van der Waals surface area contributed by atoms with Crippen LogP contribution in [0.2, 0.25) is 0 Å². The average Bonchev–Trinajstić information content (AvgIpc) is 2.56. The van der Waals surface area contributed by atoms with Crippen molar-refractivity contribution in [1.29, 1.82) is 0 Å². The lowest BCUT2D eigenvalue weighted by atomic mass is 10.2. The molecule has 2 aromatic carbocycles. The lowest BCUT2D eigenvalue weighted by molar-refractivity contribution is 0.310. The Morgan fingerprint density at radius 1 is 0.875 bits per heavy atom. The number of anilines is 3. The van der Waals surface area contributed by atoms with E-state index in [2.05, 4.69) is 37.3 Å². The van der Waals surface area contributed by atoms with Gasteiger partial charge in [0.1, 0.15) is 5.82 Å². The minimum atomic E-state index is 0.214. The summed E-state index contributed by atoms with van der Waals surface area (Å²) in [4.78, 5) is 15.0. The molecule has 0 aliphatic carbocycles. The molecule has 0 unspecified atom stereocenters. The number of nitrogen functional groups attached to an aromatic ring is 1.